The molecule has 0 saturated heterocycles. The fraction of sp³-hybridized carbons (Fsp3) is 0.278. The lowest BCUT2D eigenvalue weighted by atomic mass is 10.3. The van der Waals surface area contributed by atoms with Crippen LogP contribution in [0.4, 0.5) is 0 Å². The van der Waals surface area contributed by atoms with Crippen molar-refractivity contribution in [2.24, 2.45) is 0 Å². The SMILES string of the molecule is CCn1c(=O)sc2cc(S(=O)(=O)NC(C)COc3ccccc3)ccc21. The lowest BCUT2D eigenvalue weighted by molar-refractivity contribution is 0.287. The third kappa shape index (κ3) is 3.98. The molecule has 0 radical (unpaired) electrons. The van der Waals surface area contributed by atoms with Gasteiger partial charge in [-0.15, -0.1) is 0 Å². The van der Waals surface area contributed by atoms with Gasteiger partial charge < -0.3 is 4.74 Å². The smallest absolute Gasteiger partial charge is 0.308 e. The van der Waals surface area contributed by atoms with Crippen LogP contribution in [-0.2, 0) is 16.6 Å². The van der Waals surface area contributed by atoms with E-state index in [0.717, 1.165) is 16.9 Å². The topological polar surface area (TPSA) is 77.4 Å². The Morgan fingerprint density at radius 2 is 1.92 bits per heavy atom. The predicted octanol–water partition coefficient (Wildman–Crippen LogP) is 2.83. The van der Waals surface area contributed by atoms with Crippen LogP contribution in [0.25, 0.3) is 10.2 Å². The molecule has 0 saturated carbocycles. The van der Waals surface area contributed by atoms with Crippen molar-refractivity contribution in [2.75, 3.05) is 6.61 Å². The zero-order chi connectivity index (χ0) is 18.7. The van der Waals surface area contributed by atoms with Crippen LogP contribution in [0.1, 0.15) is 13.8 Å². The van der Waals surface area contributed by atoms with Gasteiger partial charge in [-0.3, -0.25) is 9.36 Å². The number of nitrogens with one attached hydrogen (secondary N) is 1. The Bertz CT molecular complexity index is 1060. The van der Waals surface area contributed by atoms with Crippen LogP contribution in [0.5, 0.6) is 5.75 Å². The van der Waals surface area contributed by atoms with Crippen LogP contribution >= 0.6 is 11.3 Å². The van der Waals surface area contributed by atoms with E-state index in [2.05, 4.69) is 4.72 Å². The van der Waals surface area contributed by atoms with E-state index >= 15 is 0 Å². The van der Waals surface area contributed by atoms with Gasteiger partial charge in [0.15, 0.2) is 0 Å². The molecule has 1 N–H and O–H groups in total. The highest BCUT2D eigenvalue weighted by Crippen LogP contribution is 2.22. The van der Waals surface area contributed by atoms with Crippen molar-refractivity contribution in [3.05, 3.63) is 58.2 Å². The van der Waals surface area contributed by atoms with Gasteiger partial charge in [-0.1, -0.05) is 29.5 Å². The van der Waals surface area contributed by atoms with Crippen molar-refractivity contribution in [3.8, 4) is 5.75 Å². The molecule has 0 aliphatic rings. The highest BCUT2D eigenvalue weighted by molar-refractivity contribution is 7.89. The van der Waals surface area contributed by atoms with Crippen LogP contribution in [-0.4, -0.2) is 25.6 Å². The van der Waals surface area contributed by atoms with E-state index in [9.17, 15) is 13.2 Å². The number of aryl methyl sites for hydroxylation is 1. The summed E-state index contributed by atoms with van der Waals surface area (Å²) in [5.74, 6) is 0.686. The van der Waals surface area contributed by atoms with Crippen LogP contribution in [0.15, 0.2) is 58.2 Å². The highest BCUT2D eigenvalue weighted by Gasteiger charge is 2.19. The van der Waals surface area contributed by atoms with E-state index in [1.165, 1.54) is 6.07 Å². The lowest BCUT2D eigenvalue weighted by Crippen LogP contribution is -2.36. The average Bonchev–Trinajstić information content (AvgIpc) is 2.94. The number of rotatable bonds is 7. The second-order valence-corrected chi connectivity index (χ2v) is 8.60. The van der Waals surface area contributed by atoms with Gasteiger partial charge in [0.2, 0.25) is 10.0 Å². The summed E-state index contributed by atoms with van der Waals surface area (Å²) >= 11 is 1.05. The molecule has 3 rings (SSSR count). The quantitative estimate of drug-likeness (QED) is 0.671. The molecule has 0 bridgehead atoms. The van der Waals surface area contributed by atoms with Gasteiger partial charge >= 0.3 is 4.87 Å². The summed E-state index contributed by atoms with van der Waals surface area (Å²) in [5, 5.41) is 0. The maximum atomic E-state index is 12.6. The van der Waals surface area contributed by atoms with Crippen molar-refractivity contribution >= 4 is 31.6 Å². The summed E-state index contributed by atoms with van der Waals surface area (Å²) < 4.78 is 35.7. The Balaban J connectivity index is 1.75. The average molecular weight is 393 g/mol. The minimum atomic E-state index is -3.70. The molecule has 1 heterocycles. The van der Waals surface area contributed by atoms with Gasteiger partial charge in [0.25, 0.3) is 0 Å². The second-order valence-electron chi connectivity index (χ2n) is 5.89. The number of aromatic nitrogens is 1. The molecule has 138 valence electrons. The van der Waals surface area contributed by atoms with Gasteiger partial charge in [-0.25, -0.2) is 13.1 Å². The summed E-state index contributed by atoms with van der Waals surface area (Å²) in [7, 11) is -3.70. The van der Waals surface area contributed by atoms with Crippen molar-refractivity contribution in [2.45, 2.75) is 31.3 Å². The Labute approximate surface area is 156 Å². The number of hydrogen-bond donors (Lipinski definition) is 1. The number of fused-ring (bicyclic) bond motifs is 1. The van der Waals surface area contributed by atoms with E-state index in [4.69, 9.17) is 4.74 Å². The van der Waals surface area contributed by atoms with Crippen molar-refractivity contribution in [3.63, 3.8) is 0 Å². The van der Waals surface area contributed by atoms with Gasteiger partial charge in [-0.2, -0.15) is 0 Å². The summed E-state index contributed by atoms with van der Waals surface area (Å²) in [6, 6.07) is 13.6. The van der Waals surface area contributed by atoms with Crippen molar-refractivity contribution < 1.29 is 13.2 Å². The third-order valence-corrected chi connectivity index (χ3v) is 6.39. The standard InChI is InChI=1S/C18H20N2O4S2/c1-3-20-16-10-9-15(11-17(16)25-18(20)21)26(22,23)19-13(2)12-24-14-7-5-4-6-8-14/h4-11,13,19H,3,12H2,1-2H3. The molecule has 26 heavy (non-hydrogen) atoms. The number of para-hydroxylation sites is 1. The predicted molar refractivity (Wildman–Crippen MR) is 103 cm³/mol. The maximum absolute atomic E-state index is 12.6. The molecular weight excluding hydrogens is 372 g/mol. The van der Waals surface area contributed by atoms with Crippen molar-refractivity contribution in [1.29, 1.82) is 0 Å². The molecule has 1 atom stereocenters. The lowest BCUT2D eigenvalue weighted by Gasteiger charge is -2.15. The highest BCUT2D eigenvalue weighted by atomic mass is 32.2. The van der Waals surface area contributed by atoms with E-state index < -0.39 is 16.1 Å². The first-order valence-corrected chi connectivity index (χ1v) is 10.5. The molecule has 3 aromatic rings. The monoisotopic (exact) mass is 392 g/mol. The minimum Gasteiger partial charge on any atom is -0.492 e. The minimum absolute atomic E-state index is 0.0883. The van der Waals surface area contributed by atoms with E-state index in [1.54, 1.807) is 23.6 Å². The van der Waals surface area contributed by atoms with Crippen LogP contribution < -0.4 is 14.3 Å². The molecule has 0 fully saturated rings. The molecule has 0 amide bonds. The Kier molecular flexibility index (Phi) is 5.45. The first-order chi connectivity index (χ1) is 12.4. The van der Waals surface area contributed by atoms with Gasteiger partial charge in [-0.05, 0) is 44.2 Å². The van der Waals surface area contributed by atoms with Crippen LogP contribution in [0.3, 0.4) is 0 Å². The van der Waals surface area contributed by atoms with Gasteiger partial charge in [0, 0.05) is 6.54 Å². The molecule has 1 aromatic heterocycles. The number of nitrogens with zero attached hydrogens (tertiary/aromatic N) is 1. The maximum Gasteiger partial charge on any atom is 0.308 e. The third-order valence-electron chi connectivity index (χ3n) is 3.87. The summed E-state index contributed by atoms with van der Waals surface area (Å²) in [5.41, 5.74) is 0.752. The van der Waals surface area contributed by atoms with Crippen LogP contribution in [0, 0.1) is 0 Å². The van der Waals surface area contributed by atoms with E-state index in [0.29, 0.717) is 17.0 Å². The fourth-order valence-electron chi connectivity index (χ4n) is 2.62. The summed E-state index contributed by atoms with van der Waals surface area (Å²) in [6.45, 7) is 4.39. The Morgan fingerprint density at radius 3 is 2.62 bits per heavy atom. The molecule has 6 nitrogen and oxygen atoms in total. The van der Waals surface area contributed by atoms with Gasteiger partial charge in [0.1, 0.15) is 12.4 Å². The number of sulfonamides is 1. The number of thiazole rings is 1. The van der Waals surface area contributed by atoms with E-state index in [1.807, 2.05) is 37.3 Å². The number of benzene rings is 2. The van der Waals surface area contributed by atoms with E-state index in [-0.39, 0.29) is 16.4 Å². The fourth-order valence-corrected chi connectivity index (χ4v) is 4.94. The van der Waals surface area contributed by atoms with Gasteiger partial charge in [0.05, 0.1) is 21.2 Å². The normalized spacial score (nSPS) is 13.0. The zero-order valence-corrected chi connectivity index (χ0v) is 16.1. The first-order valence-electron chi connectivity index (χ1n) is 8.24. The number of hydrogen-bond acceptors (Lipinski definition) is 5. The molecule has 0 spiro atoms. The van der Waals surface area contributed by atoms with Crippen LogP contribution in [0.2, 0.25) is 0 Å². The Morgan fingerprint density at radius 1 is 1.19 bits per heavy atom. The first kappa shape index (κ1) is 18.6. The molecular formula is C18H20N2O4S2. The summed E-state index contributed by atoms with van der Waals surface area (Å²) in [6.07, 6.45) is 0. The molecule has 0 aliphatic heterocycles. The molecule has 0 aliphatic carbocycles. The Hall–Kier alpha value is -2.16. The molecule has 2 aromatic carbocycles. The largest absolute Gasteiger partial charge is 0.492 e. The second kappa shape index (κ2) is 7.61. The van der Waals surface area contributed by atoms with Crippen molar-refractivity contribution in [1.82, 2.24) is 9.29 Å². The number of ether oxygens (including phenoxy) is 1. The summed E-state index contributed by atoms with van der Waals surface area (Å²) in [4.78, 5) is 12.0. The molecule has 1 unspecified atom stereocenters. The molecule has 8 heteroatoms. The zero-order valence-electron chi connectivity index (χ0n) is 14.5.